The maximum absolute atomic E-state index is 9.75. The molecule has 0 bridgehead atoms. The molecule has 0 fully saturated rings. The maximum Gasteiger partial charge on any atom is 0.165 e. The first kappa shape index (κ1) is 19.8. The van der Waals surface area contributed by atoms with E-state index >= 15 is 0 Å². The molecule has 5 heteroatoms. The van der Waals surface area contributed by atoms with Crippen LogP contribution in [0.4, 0.5) is 0 Å². The Labute approximate surface area is 123 Å². The Bertz CT molecular complexity index is 220. The Hall–Kier alpha value is -0.200. The first-order chi connectivity index (χ1) is 9.46. The van der Waals surface area contributed by atoms with Crippen LogP contribution in [0.15, 0.2) is 0 Å². The highest BCUT2D eigenvalue weighted by molar-refractivity contribution is 4.79. The van der Waals surface area contributed by atoms with Crippen LogP contribution in [-0.2, 0) is 4.74 Å². The predicted molar refractivity (Wildman–Crippen MR) is 79.5 cm³/mol. The molecule has 0 heterocycles. The normalized spacial score (nSPS) is 16.4. The highest BCUT2D eigenvalue weighted by atomic mass is 16.5. The molecule has 2 atom stereocenters. The molecule has 2 unspecified atom stereocenters. The molecule has 0 saturated carbocycles. The highest BCUT2D eigenvalue weighted by Crippen LogP contribution is 2.12. The number of rotatable bonds is 13. The number of aliphatic hydroxyl groups excluding tert-OH is 1. The third kappa shape index (κ3) is 8.87. The van der Waals surface area contributed by atoms with E-state index in [1.807, 2.05) is 0 Å². The molecule has 5 nitrogen and oxygen atoms in total. The molecule has 0 spiro atoms. The molecular formula is C15H33NO4. The number of ether oxygens (including phenoxy) is 1. The van der Waals surface area contributed by atoms with E-state index in [4.69, 9.17) is 9.94 Å². The number of hydroxylamine groups is 1. The molecule has 0 amide bonds. The van der Waals surface area contributed by atoms with Crippen molar-refractivity contribution in [2.24, 2.45) is 5.92 Å². The van der Waals surface area contributed by atoms with E-state index in [9.17, 15) is 10.2 Å². The number of nitrogens with one attached hydrogen (secondary N) is 1. The van der Waals surface area contributed by atoms with Crippen LogP contribution in [0.3, 0.4) is 0 Å². The van der Waals surface area contributed by atoms with Gasteiger partial charge in [0.1, 0.15) is 6.10 Å². The van der Waals surface area contributed by atoms with Gasteiger partial charge in [0, 0.05) is 6.61 Å². The van der Waals surface area contributed by atoms with Crippen molar-refractivity contribution in [2.45, 2.75) is 77.5 Å². The van der Waals surface area contributed by atoms with Gasteiger partial charge in [-0.3, -0.25) is 0 Å². The second-order valence-electron chi connectivity index (χ2n) is 5.93. The van der Waals surface area contributed by atoms with Crippen molar-refractivity contribution in [1.29, 1.82) is 0 Å². The van der Waals surface area contributed by atoms with Crippen molar-refractivity contribution in [3.8, 4) is 0 Å². The van der Waals surface area contributed by atoms with E-state index in [0.29, 0.717) is 6.61 Å². The zero-order valence-electron chi connectivity index (χ0n) is 13.3. The van der Waals surface area contributed by atoms with Gasteiger partial charge in [-0.05, 0) is 18.8 Å². The van der Waals surface area contributed by atoms with Gasteiger partial charge in [0.15, 0.2) is 5.72 Å². The molecule has 0 aliphatic rings. The third-order valence-electron chi connectivity index (χ3n) is 3.63. The van der Waals surface area contributed by atoms with Gasteiger partial charge >= 0.3 is 0 Å². The highest BCUT2D eigenvalue weighted by Gasteiger charge is 2.33. The summed E-state index contributed by atoms with van der Waals surface area (Å²) in [4.78, 5) is 0. The lowest BCUT2D eigenvalue weighted by atomic mass is 10.0. The maximum atomic E-state index is 9.75. The predicted octanol–water partition coefficient (Wildman–Crippen LogP) is 2.44. The average molecular weight is 291 g/mol. The molecule has 0 aromatic carbocycles. The molecule has 0 saturated heterocycles. The number of hydrogen-bond donors (Lipinski definition) is 4. The fourth-order valence-corrected chi connectivity index (χ4v) is 2.01. The summed E-state index contributed by atoms with van der Waals surface area (Å²) in [6.07, 6.45) is 6.24. The monoisotopic (exact) mass is 291 g/mol. The lowest BCUT2D eigenvalue weighted by Gasteiger charge is -2.30. The Morgan fingerprint density at radius 1 is 1.10 bits per heavy atom. The molecule has 0 aliphatic heterocycles. The quantitative estimate of drug-likeness (QED) is 0.238. The summed E-state index contributed by atoms with van der Waals surface area (Å²) in [5, 5.41) is 28.2. The molecule has 0 aromatic rings. The number of aliphatic hydroxyl groups is 2. The van der Waals surface area contributed by atoms with Crippen LogP contribution < -0.4 is 5.48 Å². The second kappa shape index (κ2) is 11.5. The fraction of sp³-hybridized carbons (Fsp3) is 1.00. The van der Waals surface area contributed by atoms with Crippen LogP contribution in [0.25, 0.3) is 0 Å². The number of hydrogen-bond acceptors (Lipinski definition) is 5. The van der Waals surface area contributed by atoms with Crippen molar-refractivity contribution in [3.05, 3.63) is 0 Å². The van der Waals surface area contributed by atoms with Crippen LogP contribution in [0.2, 0.25) is 0 Å². The summed E-state index contributed by atoms with van der Waals surface area (Å²) in [7, 11) is 0. The summed E-state index contributed by atoms with van der Waals surface area (Å²) < 4.78 is 5.33. The summed E-state index contributed by atoms with van der Waals surface area (Å²) >= 11 is 0. The smallest absolute Gasteiger partial charge is 0.165 e. The van der Waals surface area contributed by atoms with Crippen LogP contribution in [-0.4, -0.2) is 40.5 Å². The van der Waals surface area contributed by atoms with Crippen molar-refractivity contribution >= 4 is 0 Å². The van der Waals surface area contributed by atoms with Gasteiger partial charge < -0.3 is 20.2 Å². The molecule has 0 radical (unpaired) electrons. The molecule has 4 N–H and O–H groups in total. The minimum absolute atomic E-state index is 0.0191. The standard InChI is InChI=1S/C15H33NO4/c1-4-15(18,16-19)14(17)12-20-11-9-7-5-6-8-10-13(2)3/h13-14,16-19H,4-12H2,1-3H3. The fourth-order valence-electron chi connectivity index (χ4n) is 2.01. The van der Waals surface area contributed by atoms with Gasteiger partial charge in [0.05, 0.1) is 6.61 Å². The van der Waals surface area contributed by atoms with Gasteiger partial charge in [-0.1, -0.05) is 52.9 Å². The van der Waals surface area contributed by atoms with Gasteiger partial charge in [0.2, 0.25) is 0 Å². The van der Waals surface area contributed by atoms with E-state index < -0.39 is 11.8 Å². The van der Waals surface area contributed by atoms with Crippen molar-refractivity contribution in [3.63, 3.8) is 0 Å². The molecule has 0 aromatic heterocycles. The van der Waals surface area contributed by atoms with E-state index in [1.165, 1.54) is 25.7 Å². The van der Waals surface area contributed by atoms with Crippen molar-refractivity contribution < 1.29 is 20.2 Å². The van der Waals surface area contributed by atoms with Gasteiger partial charge in [-0.2, -0.15) is 5.48 Å². The molecular weight excluding hydrogens is 258 g/mol. The minimum Gasteiger partial charge on any atom is -0.386 e. The van der Waals surface area contributed by atoms with Crippen LogP contribution in [0.5, 0.6) is 0 Å². The zero-order chi connectivity index (χ0) is 15.4. The Morgan fingerprint density at radius 3 is 2.25 bits per heavy atom. The van der Waals surface area contributed by atoms with E-state index in [1.54, 1.807) is 12.4 Å². The third-order valence-corrected chi connectivity index (χ3v) is 3.63. The largest absolute Gasteiger partial charge is 0.386 e. The summed E-state index contributed by atoms with van der Waals surface area (Å²) in [6.45, 7) is 6.76. The van der Waals surface area contributed by atoms with Gasteiger partial charge in [-0.25, -0.2) is 0 Å². The SMILES string of the molecule is CCC(O)(NO)C(O)COCCCCCCCC(C)C. The lowest BCUT2D eigenvalue weighted by molar-refractivity contribution is -0.178. The summed E-state index contributed by atoms with van der Waals surface area (Å²) in [6, 6.07) is 0. The zero-order valence-corrected chi connectivity index (χ0v) is 13.3. The van der Waals surface area contributed by atoms with Crippen molar-refractivity contribution in [1.82, 2.24) is 5.48 Å². The number of unbranched alkanes of at least 4 members (excludes halogenated alkanes) is 4. The van der Waals surface area contributed by atoms with Crippen LogP contribution in [0.1, 0.15) is 65.7 Å². The second-order valence-corrected chi connectivity index (χ2v) is 5.93. The van der Waals surface area contributed by atoms with E-state index in [-0.39, 0.29) is 13.0 Å². The van der Waals surface area contributed by atoms with Crippen molar-refractivity contribution in [2.75, 3.05) is 13.2 Å². The Balaban J connectivity index is 3.44. The molecule has 0 aliphatic carbocycles. The first-order valence-electron chi connectivity index (χ1n) is 7.85. The minimum atomic E-state index is -1.68. The lowest BCUT2D eigenvalue weighted by Crippen LogP contribution is -2.54. The average Bonchev–Trinajstić information content (AvgIpc) is 2.43. The summed E-state index contributed by atoms with van der Waals surface area (Å²) in [5.74, 6) is 0.789. The summed E-state index contributed by atoms with van der Waals surface area (Å²) in [5.41, 5.74) is 0.0540. The van der Waals surface area contributed by atoms with E-state index in [2.05, 4.69) is 13.8 Å². The topological polar surface area (TPSA) is 82.0 Å². The molecule has 20 heavy (non-hydrogen) atoms. The molecule has 122 valence electrons. The van der Waals surface area contributed by atoms with Crippen LogP contribution >= 0.6 is 0 Å². The van der Waals surface area contributed by atoms with Gasteiger partial charge in [-0.15, -0.1) is 0 Å². The van der Waals surface area contributed by atoms with Gasteiger partial charge in [0.25, 0.3) is 0 Å². The Kier molecular flexibility index (Phi) is 11.3. The first-order valence-corrected chi connectivity index (χ1v) is 7.85. The Morgan fingerprint density at radius 2 is 1.70 bits per heavy atom. The van der Waals surface area contributed by atoms with E-state index in [0.717, 1.165) is 18.8 Å². The molecule has 0 rings (SSSR count). The van der Waals surface area contributed by atoms with Crippen LogP contribution in [0, 0.1) is 5.92 Å².